The van der Waals surface area contributed by atoms with E-state index >= 15 is 0 Å². The molecular weight excluding hydrogens is 408 g/mol. The second-order valence-electron chi connectivity index (χ2n) is 6.61. The molecule has 0 amide bonds. The number of benzene rings is 2. The van der Waals surface area contributed by atoms with Crippen LogP contribution in [-0.2, 0) is 15.8 Å². The van der Waals surface area contributed by atoms with Gasteiger partial charge in [-0.1, -0.05) is 23.9 Å². The summed E-state index contributed by atoms with van der Waals surface area (Å²) in [5.41, 5.74) is 2.34. The second-order valence-corrected chi connectivity index (χ2v) is 9.47. The van der Waals surface area contributed by atoms with Crippen LogP contribution in [0, 0.1) is 11.3 Å². The third-order valence-corrected chi connectivity index (χ3v) is 7.46. The Kier molecular flexibility index (Phi) is 5.67. The van der Waals surface area contributed by atoms with E-state index in [1.165, 1.54) is 16.1 Å². The molecule has 0 unspecified atom stereocenters. The molecule has 0 radical (unpaired) electrons. The van der Waals surface area contributed by atoms with Crippen LogP contribution in [0.5, 0.6) is 0 Å². The molecule has 1 fully saturated rings. The summed E-state index contributed by atoms with van der Waals surface area (Å²) in [5, 5.41) is 17.4. The van der Waals surface area contributed by atoms with Gasteiger partial charge in [0.05, 0.1) is 16.5 Å². The van der Waals surface area contributed by atoms with Crippen LogP contribution < -0.4 is 0 Å². The molecule has 4 rings (SSSR count). The van der Waals surface area contributed by atoms with E-state index in [9.17, 15) is 8.42 Å². The number of thioether (sulfide) groups is 1. The summed E-state index contributed by atoms with van der Waals surface area (Å²) in [6.45, 7) is 1.15. The maximum Gasteiger partial charge on any atom is 0.277 e. The third-order valence-electron chi connectivity index (χ3n) is 4.66. The lowest BCUT2D eigenvalue weighted by Crippen LogP contribution is -2.27. The number of hydrogen-bond acceptors (Lipinski definition) is 7. The van der Waals surface area contributed by atoms with Gasteiger partial charge in [-0.25, -0.2) is 8.42 Å². The van der Waals surface area contributed by atoms with Gasteiger partial charge in [0.25, 0.3) is 5.22 Å². The molecule has 0 bridgehead atoms. The Morgan fingerprint density at radius 1 is 1.03 bits per heavy atom. The maximum atomic E-state index is 12.6. The monoisotopic (exact) mass is 426 g/mol. The highest BCUT2D eigenvalue weighted by molar-refractivity contribution is 7.98. The first-order chi connectivity index (χ1) is 14.1. The van der Waals surface area contributed by atoms with E-state index in [1.807, 2.05) is 12.1 Å². The standard InChI is InChI=1S/C20H18N4O3S2/c21-13-15-3-5-16(6-4-15)14-28-20-23-22-19(27-20)17-7-9-18(10-8-17)29(25,26)24-11-1-2-12-24/h3-10H,1-2,11-12,14H2. The summed E-state index contributed by atoms with van der Waals surface area (Å²) in [6, 6.07) is 15.9. The van der Waals surface area contributed by atoms with Crippen LogP contribution in [0.15, 0.2) is 63.1 Å². The van der Waals surface area contributed by atoms with Crippen LogP contribution in [0.4, 0.5) is 0 Å². The molecule has 1 aliphatic rings. The van der Waals surface area contributed by atoms with E-state index in [2.05, 4.69) is 16.3 Å². The number of nitrogens with zero attached hydrogens (tertiary/aromatic N) is 4. The van der Waals surface area contributed by atoms with Crippen LogP contribution in [0.3, 0.4) is 0 Å². The quantitative estimate of drug-likeness (QED) is 0.554. The number of hydrogen-bond donors (Lipinski definition) is 0. The van der Waals surface area contributed by atoms with Gasteiger partial charge < -0.3 is 4.42 Å². The molecule has 1 saturated heterocycles. The van der Waals surface area contributed by atoms with Gasteiger partial charge in [0, 0.05) is 24.4 Å². The zero-order chi connectivity index (χ0) is 20.3. The van der Waals surface area contributed by atoms with Crippen LogP contribution in [-0.4, -0.2) is 36.0 Å². The van der Waals surface area contributed by atoms with Crippen molar-refractivity contribution in [3.8, 4) is 17.5 Å². The highest BCUT2D eigenvalue weighted by atomic mass is 32.2. The van der Waals surface area contributed by atoms with Crippen LogP contribution in [0.2, 0.25) is 0 Å². The number of rotatable bonds is 6. The molecule has 2 aromatic carbocycles. The first kappa shape index (κ1) is 19.6. The van der Waals surface area contributed by atoms with Crippen LogP contribution >= 0.6 is 11.8 Å². The molecule has 0 N–H and O–H groups in total. The van der Waals surface area contributed by atoms with Gasteiger partial charge in [-0.3, -0.25) is 0 Å². The smallest absolute Gasteiger partial charge is 0.277 e. The van der Waals surface area contributed by atoms with Crippen molar-refractivity contribution in [2.45, 2.75) is 28.7 Å². The van der Waals surface area contributed by atoms with Gasteiger partial charge in [-0.05, 0) is 54.8 Å². The van der Waals surface area contributed by atoms with Crippen molar-refractivity contribution in [3.05, 3.63) is 59.7 Å². The number of aromatic nitrogens is 2. The molecule has 0 saturated carbocycles. The molecule has 1 aromatic heterocycles. The fourth-order valence-electron chi connectivity index (χ4n) is 3.05. The minimum absolute atomic E-state index is 0.276. The summed E-state index contributed by atoms with van der Waals surface area (Å²) in [7, 11) is -3.43. The Balaban J connectivity index is 1.43. The molecular formula is C20H18N4O3S2. The summed E-state index contributed by atoms with van der Waals surface area (Å²) < 4.78 is 32.4. The molecule has 9 heteroatoms. The van der Waals surface area contributed by atoms with E-state index in [1.54, 1.807) is 36.4 Å². The lowest BCUT2D eigenvalue weighted by molar-refractivity contribution is 0.465. The lowest BCUT2D eigenvalue weighted by Gasteiger charge is -2.15. The number of nitriles is 1. The van der Waals surface area contributed by atoms with Crippen molar-refractivity contribution in [1.29, 1.82) is 5.26 Å². The zero-order valence-corrected chi connectivity index (χ0v) is 17.1. The molecule has 3 aromatic rings. The summed E-state index contributed by atoms with van der Waals surface area (Å²) >= 11 is 1.40. The number of sulfonamides is 1. The molecule has 2 heterocycles. The predicted molar refractivity (Wildman–Crippen MR) is 108 cm³/mol. The normalized spacial score (nSPS) is 14.7. The topological polar surface area (TPSA) is 100 Å². The van der Waals surface area contributed by atoms with Crippen LogP contribution in [0.25, 0.3) is 11.5 Å². The van der Waals surface area contributed by atoms with Crippen molar-refractivity contribution in [1.82, 2.24) is 14.5 Å². The molecule has 0 spiro atoms. The van der Waals surface area contributed by atoms with E-state index in [4.69, 9.17) is 9.68 Å². The minimum atomic E-state index is -3.43. The fourth-order valence-corrected chi connectivity index (χ4v) is 5.29. The summed E-state index contributed by atoms with van der Waals surface area (Å²) in [5.74, 6) is 0.984. The van der Waals surface area contributed by atoms with Gasteiger partial charge in [0.1, 0.15) is 0 Å². The SMILES string of the molecule is N#Cc1ccc(CSc2nnc(-c3ccc(S(=O)(=O)N4CCCC4)cc3)o2)cc1. The van der Waals surface area contributed by atoms with Crippen molar-refractivity contribution in [2.75, 3.05) is 13.1 Å². The summed E-state index contributed by atoms with van der Waals surface area (Å²) in [4.78, 5) is 0.276. The first-order valence-electron chi connectivity index (χ1n) is 9.12. The van der Waals surface area contributed by atoms with Gasteiger partial charge in [0.2, 0.25) is 15.9 Å². The maximum absolute atomic E-state index is 12.6. The van der Waals surface area contributed by atoms with E-state index in [0.717, 1.165) is 18.4 Å². The zero-order valence-electron chi connectivity index (χ0n) is 15.5. The average Bonchev–Trinajstić information content (AvgIpc) is 3.45. The molecule has 1 aliphatic heterocycles. The summed E-state index contributed by atoms with van der Waals surface area (Å²) in [6.07, 6.45) is 1.81. The molecule has 29 heavy (non-hydrogen) atoms. The average molecular weight is 427 g/mol. The lowest BCUT2D eigenvalue weighted by atomic mass is 10.2. The van der Waals surface area contributed by atoms with Gasteiger partial charge in [-0.15, -0.1) is 10.2 Å². The molecule has 0 atom stereocenters. The molecule has 0 aliphatic carbocycles. The fraction of sp³-hybridized carbons (Fsp3) is 0.250. The van der Waals surface area contributed by atoms with Crippen molar-refractivity contribution in [3.63, 3.8) is 0 Å². The minimum Gasteiger partial charge on any atom is -0.411 e. The van der Waals surface area contributed by atoms with Gasteiger partial charge >= 0.3 is 0 Å². The first-order valence-corrected chi connectivity index (χ1v) is 11.5. The Morgan fingerprint density at radius 3 is 2.38 bits per heavy atom. The largest absolute Gasteiger partial charge is 0.411 e. The van der Waals surface area contributed by atoms with Crippen molar-refractivity contribution >= 4 is 21.8 Å². The molecule has 148 valence electrons. The highest BCUT2D eigenvalue weighted by Gasteiger charge is 2.27. The third kappa shape index (κ3) is 4.34. The van der Waals surface area contributed by atoms with Crippen molar-refractivity contribution in [2.24, 2.45) is 0 Å². The second kappa shape index (κ2) is 8.37. The van der Waals surface area contributed by atoms with Gasteiger partial charge in [0.15, 0.2) is 0 Å². The van der Waals surface area contributed by atoms with Crippen LogP contribution in [0.1, 0.15) is 24.0 Å². The Labute approximate surface area is 173 Å². The van der Waals surface area contributed by atoms with E-state index < -0.39 is 10.0 Å². The van der Waals surface area contributed by atoms with E-state index in [-0.39, 0.29) is 4.90 Å². The van der Waals surface area contributed by atoms with Gasteiger partial charge in [-0.2, -0.15) is 9.57 Å². The Bertz CT molecular complexity index is 1130. The predicted octanol–water partition coefficient (Wildman–Crippen LogP) is 3.69. The highest BCUT2D eigenvalue weighted by Crippen LogP contribution is 2.27. The Hall–Kier alpha value is -2.67. The Morgan fingerprint density at radius 2 is 1.72 bits per heavy atom. The van der Waals surface area contributed by atoms with Crippen molar-refractivity contribution < 1.29 is 12.8 Å². The van der Waals surface area contributed by atoms with E-state index in [0.29, 0.717) is 41.1 Å². The molecule has 7 nitrogen and oxygen atoms in total.